The molecule has 0 atom stereocenters. The topological polar surface area (TPSA) is 34.0 Å². The minimum absolute atomic E-state index is 0.681. The highest BCUT2D eigenvalue weighted by atomic mass is 15.3. The predicted octanol–water partition coefficient (Wildman–Crippen LogP) is 3.15. The molecule has 0 amide bonds. The van der Waals surface area contributed by atoms with Gasteiger partial charge in [-0.2, -0.15) is 5.10 Å². The van der Waals surface area contributed by atoms with Gasteiger partial charge < -0.3 is 4.90 Å². The number of nitrogens with zero attached hydrogens (tertiary/aromatic N) is 4. The van der Waals surface area contributed by atoms with E-state index in [1.807, 2.05) is 30.2 Å². The summed E-state index contributed by atoms with van der Waals surface area (Å²) in [5, 5.41) is 4.20. The van der Waals surface area contributed by atoms with Crippen LogP contribution in [0.4, 0.5) is 0 Å². The van der Waals surface area contributed by atoms with Crippen molar-refractivity contribution in [1.29, 1.82) is 0 Å². The van der Waals surface area contributed by atoms with Gasteiger partial charge >= 0.3 is 0 Å². The van der Waals surface area contributed by atoms with E-state index in [0.717, 1.165) is 23.7 Å². The Morgan fingerprint density at radius 1 is 1.18 bits per heavy atom. The molecule has 3 rings (SSSR count). The van der Waals surface area contributed by atoms with Crippen molar-refractivity contribution in [3.8, 4) is 11.4 Å². The summed E-state index contributed by atoms with van der Waals surface area (Å²) >= 11 is 0. The maximum absolute atomic E-state index is 4.62. The van der Waals surface area contributed by atoms with Gasteiger partial charge in [0.15, 0.2) is 0 Å². The second-order valence-corrected chi connectivity index (χ2v) is 6.67. The highest BCUT2D eigenvalue weighted by Gasteiger charge is 2.21. The summed E-state index contributed by atoms with van der Waals surface area (Å²) < 4.78 is 1.86. The molecule has 0 radical (unpaired) electrons. The van der Waals surface area contributed by atoms with E-state index in [1.165, 1.54) is 31.5 Å². The monoisotopic (exact) mass is 298 g/mol. The highest BCUT2D eigenvalue weighted by molar-refractivity contribution is 5.53. The lowest BCUT2D eigenvalue weighted by Crippen LogP contribution is -2.38. The number of hydrogen-bond acceptors (Lipinski definition) is 3. The van der Waals surface area contributed by atoms with Gasteiger partial charge in [-0.3, -0.25) is 9.67 Å². The fraction of sp³-hybridized carbons (Fsp3) is 0.556. The molecule has 0 spiro atoms. The fourth-order valence-electron chi connectivity index (χ4n) is 3.33. The summed E-state index contributed by atoms with van der Waals surface area (Å²) in [6, 6.07) is 7.03. The standard InChI is InChI=1S/C18H26N4/c1-14(2)22-10-7-15(8-11-22)12-16-4-5-17(19-13-16)18-6-9-20-21(18)3/h4-6,9,13-15H,7-8,10-12H2,1-3H3. The molecular formula is C18H26N4. The zero-order valence-corrected chi connectivity index (χ0v) is 13.9. The zero-order valence-electron chi connectivity index (χ0n) is 13.9. The number of aromatic nitrogens is 3. The summed E-state index contributed by atoms with van der Waals surface area (Å²) in [4.78, 5) is 7.20. The summed E-state index contributed by atoms with van der Waals surface area (Å²) in [6.07, 6.45) is 7.62. The molecule has 2 aromatic heterocycles. The van der Waals surface area contributed by atoms with Gasteiger partial charge in [-0.15, -0.1) is 0 Å². The molecule has 2 aromatic rings. The van der Waals surface area contributed by atoms with E-state index in [1.54, 1.807) is 0 Å². The van der Waals surface area contributed by atoms with Crippen LogP contribution in [-0.2, 0) is 13.5 Å². The third kappa shape index (κ3) is 3.38. The molecule has 0 aromatic carbocycles. The molecular weight excluding hydrogens is 272 g/mol. The first-order chi connectivity index (χ1) is 10.6. The van der Waals surface area contributed by atoms with Crippen LogP contribution < -0.4 is 0 Å². The molecule has 118 valence electrons. The van der Waals surface area contributed by atoms with Crippen molar-refractivity contribution in [3.63, 3.8) is 0 Å². The molecule has 1 fully saturated rings. The Labute approximate surface area is 133 Å². The minimum Gasteiger partial charge on any atom is -0.301 e. The van der Waals surface area contributed by atoms with E-state index >= 15 is 0 Å². The highest BCUT2D eigenvalue weighted by Crippen LogP contribution is 2.23. The van der Waals surface area contributed by atoms with Crippen LogP contribution in [0.5, 0.6) is 0 Å². The van der Waals surface area contributed by atoms with Crippen molar-refractivity contribution in [1.82, 2.24) is 19.7 Å². The van der Waals surface area contributed by atoms with E-state index in [0.29, 0.717) is 6.04 Å². The number of aryl methyl sites for hydroxylation is 1. The first-order valence-electron chi connectivity index (χ1n) is 8.31. The van der Waals surface area contributed by atoms with Crippen LogP contribution in [-0.4, -0.2) is 38.8 Å². The van der Waals surface area contributed by atoms with Crippen LogP contribution in [0.15, 0.2) is 30.6 Å². The van der Waals surface area contributed by atoms with E-state index in [4.69, 9.17) is 0 Å². The number of pyridine rings is 1. The minimum atomic E-state index is 0.681. The van der Waals surface area contributed by atoms with Crippen molar-refractivity contribution < 1.29 is 0 Å². The molecule has 0 aliphatic carbocycles. The lowest BCUT2D eigenvalue weighted by atomic mass is 9.90. The number of rotatable bonds is 4. The number of hydrogen-bond donors (Lipinski definition) is 0. The van der Waals surface area contributed by atoms with Gasteiger partial charge in [0.2, 0.25) is 0 Å². The Morgan fingerprint density at radius 2 is 1.95 bits per heavy atom. The van der Waals surface area contributed by atoms with Crippen LogP contribution in [0.1, 0.15) is 32.3 Å². The van der Waals surface area contributed by atoms with Gasteiger partial charge in [-0.1, -0.05) is 6.07 Å². The van der Waals surface area contributed by atoms with Gasteiger partial charge in [0.25, 0.3) is 0 Å². The molecule has 0 N–H and O–H groups in total. The van der Waals surface area contributed by atoms with Crippen LogP contribution >= 0.6 is 0 Å². The van der Waals surface area contributed by atoms with E-state index in [9.17, 15) is 0 Å². The lowest BCUT2D eigenvalue weighted by Gasteiger charge is -2.34. The van der Waals surface area contributed by atoms with Gasteiger partial charge in [-0.25, -0.2) is 0 Å². The number of likely N-dealkylation sites (tertiary alicyclic amines) is 1. The molecule has 0 saturated carbocycles. The van der Waals surface area contributed by atoms with Crippen LogP contribution in [0.2, 0.25) is 0 Å². The van der Waals surface area contributed by atoms with Gasteiger partial charge in [0, 0.05) is 25.5 Å². The summed E-state index contributed by atoms with van der Waals surface area (Å²) in [7, 11) is 1.95. The van der Waals surface area contributed by atoms with Crippen molar-refractivity contribution in [2.75, 3.05) is 13.1 Å². The van der Waals surface area contributed by atoms with Gasteiger partial charge in [0.1, 0.15) is 0 Å². The average Bonchev–Trinajstić information content (AvgIpc) is 2.95. The Balaban J connectivity index is 1.59. The average molecular weight is 298 g/mol. The summed E-state index contributed by atoms with van der Waals surface area (Å²) in [5.74, 6) is 0.805. The molecule has 1 aliphatic rings. The lowest BCUT2D eigenvalue weighted by molar-refractivity contribution is 0.149. The Bertz CT molecular complexity index is 592. The number of piperidine rings is 1. The Morgan fingerprint density at radius 3 is 2.50 bits per heavy atom. The second-order valence-electron chi connectivity index (χ2n) is 6.67. The molecule has 4 heteroatoms. The molecule has 0 bridgehead atoms. The van der Waals surface area contributed by atoms with Crippen molar-refractivity contribution in [3.05, 3.63) is 36.2 Å². The molecule has 3 heterocycles. The van der Waals surface area contributed by atoms with E-state index < -0.39 is 0 Å². The molecule has 22 heavy (non-hydrogen) atoms. The molecule has 1 saturated heterocycles. The normalized spacial score (nSPS) is 17.3. The second kappa shape index (κ2) is 6.61. The predicted molar refractivity (Wildman–Crippen MR) is 89.6 cm³/mol. The van der Waals surface area contributed by atoms with Gasteiger partial charge in [0.05, 0.1) is 11.4 Å². The smallest absolute Gasteiger partial charge is 0.0883 e. The van der Waals surface area contributed by atoms with E-state index in [-0.39, 0.29) is 0 Å². The molecule has 0 unspecified atom stereocenters. The van der Waals surface area contributed by atoms with Crippen molar-refractivity contribution >= 4 is 0 Å². The van der Waals surface area contributed by atoms with Gasteiger partial charge in [-0.05, 0) is 69.8 Å². The Hall–Kier alpha value is -1.68. The molecule has 1 aliphatic heterocycles. The summed E-state index contributed by atoms with van der Waals surface area (Å²) in [5.41, 5.74) is 3.42. The third-order valence-electron chi connectivity index (χ3n) is 4.81. The summed E-state index contributed by atoms with van der Waals surface area (Å²) in [6.45, 7) is 7.06. The van der Waals surface area contributed by atoms with E-state index in [2.05, 4.69) is 41.0 Å². The maximum Gasteiger partial charge on any atom is 0.0883 e. The first kappa shape index (κ1) is 15.2. The Kier molecular flexibility index (Phi) is 4.57. The fourth-order valence-corrected chi connectivity index (χ4v) is 3.33. The van der Waals surface area contributed by atoms with Crippen LogP contribution in [0.3, 0.4) is 0 Å². The quantitative estimate of drug-likeness (QED) is 0.869. The zero-order chi connectivity index (χ0) is 15.5. The largest absolute Gasteiger partial charge is 0.301 e. The first-order valence-corrected chi connectivity index (χ1v) is 8.31. The maximum atomic E-state index is 4.62. The molecule has 4 nitrogen and oxygen atoms in total. The van der Waals surface area contributed by atoms with Crippen molar-refractivity contribution in [2.24, 2.45) is 13.0 Å². The van der Waals surface area contributed by atoms with Crippen LogP contribution in [0.25, 0.3) is 11.4 Å². The SMILES string of the molecule is CC(C)N1CCC(Cc2ccc(-c3ccnn3C)nc2)CC1. The third-order valence-corrected chi connectivity index (χ3v) is 4.81. The van der Waals surface area contributed by atoms with Crippen molar-refractivity contribution in [2.45, 2.75) is 39.2 Å². The van der Waals surface area contributed by atoms with Crippen LogP contribution in [0, 0.1) is 5.92 Å².